The van der Waals surface area contributed by atoms with Gasteiger partial charge < -0.3 is 10.1 Å². The minimum atomic E-state index is -0.238. The molecule has 0 aliphatic heterocycles. The number of methoxy groups -OCH3 is 1. The van der Waals surface area contributed by atoms with Gasteiger partial charge >= 0.3 is 5.97 Å². The largest absolute Gasteiger partial charge is 0.469 e. The average molecular weight is 218 g/mol. The van der Waals surface area contributed by atoms with Crippen molar-refractivity contribution in [3.8, 4) is 6.07 Å². The van der Waals surface area contributed by atoms with Gasteiger partial charge in [-0.1, -0.05) is 0 Å². The molecular formula is C12H14N2O2. The summed E-state index contributed by atoms with van der Waals surface area (Å²) >= 11 is 0. The molecule has 0 spiro atoms. The van der Waals surface area contributed by atoms with E-state index in [1.54, 1.807) is 6.07 Å². The molecule has 0 radical (unpaired) electrons. The fourth-order valence-corrected chi connectivity index (χ4v) is 1.31. The van der Waals surface area contributed by atoms with Crippen molar-refractivity contribution >= 4 is 11.7 Å². The zero-order chi connectivity index (χ0) is 12.0. The van der Waals surface area contributed by atoms with Gasteiger partial charge in [-0.3, -0.25) is 4.79 Å². The predicted molar refractivity (Wildman–Crippen MR) is 61.0 cm³/mol. The first-order valence-corrected chi connectivity index (χ1v) is 4.99. The number of nitrogens with zero attached hydrogens (tertiary/aromatic N) is 1. The summed E-state index contributed by atoms with van der Waals surface area (Å²) in [4.78, 5) is 10.9. The highest BCUT2D eigenvalue weighted by atomic mass is 16.5. The molecule has 0 heterocycles. The molecule has 0 amide bonds. The lowest BCUT2D eigenvalue weighted by Crippen LogP contribution is -2.09. The molecule has 0 fully saturated rings. The molecule has 1 rings (SSSR count). The minimum Gasteiger partial charge on any atom is -0.469 e. The zero-order valence-electron chi connectivity index (χ0n) is 9.41. The first-order chi connectivity index (χ1) is 7.67. The fourth-order valence-electron chi connectivity index (χ4n) is 1.31. The molecular weight excluding hydrogens is 204 g/mol. The minimum absolute atomic E-state index is 0.238. The second kappa shape index (κ2) is 5.76. The van der Waals surface area contributed by atoms with Crippen molar-refractivity contribution in [1.29, 1.82) is 5.26 Å². The standard InChI is InChI=1S/C12H14N2O2/c1-9-7-11(4-3-10(9)8-13)14-6-5-12(15)16-2/h3-4,7,14H,5-6H2,1-2H3. The van der Waals surface area contributed by atoms with Crippen molar-refractivity contribution in [2.45, 2.75) is 13.3 Å². The Morgan fingerprint density at radius 1 is 1.56 bits per heavy atom. The first kappa shape index (κ1) is 12.1. The molecule has 1 N–H and O–H groups in total. The first-order valence-electron chi connectivity index (χ1n) is 4.99. The summed E-state index contributed by atoms with van der Waals surface area (Å²) in [6, 6.07) is 7.57. The lowest BCUT2D eigenvalue weighted by molar-refractivity contribution is -0.140. The Labute approximate surface area is 94.8 Å². The van der Waals surface area contributed by atoms with Gasteiger partial charge in [-0.25, -0.2) is 0 Å². The Morgan fingerprint density at radius 2 is 2.31 bits per heavy atom. The highest BCUT2D eigenvalue weighted by molar-refractivity contribution is 5.69. The van der Waals surface area contributed by atoms with E-state index in [0.29, 0.717) is 18.5 Å². The van der Waals surface area contributed by atoms with Crippen LogP contribution in [0.3, 0.4) is 0 Å². The van der Waals surface area contributed by atoms with Crippen molar-refractivity contribution in [2.24, 2.45) is 0 Å². The Morgan fingerprint density at radius 3 is 2.88 bits per heavy atom. The van der Waals surface area contributed by atoms with E-state index in [1.165, 1.54) is 7.11 Å². The third-order valence-electron chi connectivity index (χ3n) is 2.23. The van der Waals surface area contributed by atoms with Gasteiger partial charge in [0.05, 0.1) is 25.2 Å². The van der Waals surface area contributed by atoms with Crippen LogP contribution in [0, 0.1) is 18.3 Å². The van der Waals surface area contributed by atoms with Gasteiger partial charge in [0.15, 0.2) is 0 Å². The molecule has 4 nitrogen and oxygen atoms in total. The second-order valence-electron chi connectivity index (χ2n) is 3.39. The normalized spacial score (nSPS) is 9.31. The van der Waals surface area contributed by atoms with E-state index in [0.717, 1.165) is 11.3 Å². The number of carbonyl (C=O) groups is 1. The summed E-state index contributed by atoms with van der Waals surface area (Å²) < 4.78 is 4.53. The maximum absolute atomic E-state index is 10.9. The lowest BCUT2D eigenvalue weighted by Gasteiger charge is -2.06. The van der Waals surface area contributed by atoms with E-state index < -0.39 is 0 Å². The number of anilines is 1. The van der Waals surface area contributed by atoms with E-state index in [9.17, 15) is 4.79 Å². The zero-order valence-corrected chi connectivity index (χ0v) is 9.41. The van der Waals surface area contributed by atoms with E-state index in [1.807, 2.05) is 19.1 Å². The number of benzene rings is 1. The van der Waals surface area contributed by atoms with Crippen LogP contribution in [0.4, 0.5) is 5.69 Å². The summed E-state index contributed by atoms with van der Waals surface area (Å²) in [6.45, 7) is 2.40. The fraction of sp³-hybridized carbons (Fsp3) is 0.333. The summed E-state index contributed by atoms with van der Waals surface area (Å²) in [6.07, 6.45) is 0.329. The lowest BCUT2D eigenvalue weighted by atomic mass is 10.1. The van der Waals surface area contributed by atoms with Crippen LogP contribution in [0.25, 0.3) is 0 Å². The molecule has 84 valence electrons. The third kappa shape index (κ3) is 3.28. The maximum Gasteiger partial charge on any atom is 0.307 e. The number of aryl methyl sites for hydroxylation is 1. The van der Waals surface area contributed by atoms with Crippen LogP contribution in [-0.2, 0) is 9.53 Å². The van der Waals surface area contributed by atoms with Crippen LogP contribution >= 0.6 is 0 Å². The molecule has 0 aliphatic rings. The highest BCUT2D eigenvalue weighted by Crippen LogP contribution is 2.14. The Bertz CT molecular complexity index is 422. The Balaban J connectivity index is 2.53. The number of hydrogen-bond donors (Lipinski definition) is 1. The number of esters is 1. The van der Waals surface area contributed by atoms with Gasteiger partial charge in [0.25, 0.3) is 0 Å². The van der Waals surface area contributed by atoms with Crippen molar-refractivity contribution in [3.05, 3.63) is 29.3 Å². The van der Waals surface area contributed by atoms with Crippen LogP contribution in [0.15, 0.2) is 18.2 Å². The predicted octanol–water partition coefficient (Wildman–Crippen LogP) is 1.84. The Hall–Kier alpha value is -2.02. The summed E-state index contributed by atoms with van der Waals surface area (Å²) in [5.41, 5.74) is 2.49. The topological polar surface area (TPSA) is 62.1 Å². The molecule has 1 aromatic carbocycles. The van der Waals surface area contributed by atoms with Gasteiger partial charge in [-0.05, 0) is 30.7 Å². The smallest absolute Gasteiger partial charge is 0.307 e. The monoisotopic (exact) mass is 218 g/mol. The molecule has 0 aliphatic carbocycles. The molecule has 0 atom stereocenters. The van der Waals surface area contributed by atoms with E-state index in [-0.39, 0.29) is 5.97 Å². The van der Waals surface area contributed by atoms with Gasteiger partial charge in [0.2, 0.25) is 0 Å². The number of carbonyl (C=O) groups excluding carboxylic acids is 1. The maximum atomic E-state index is 10.9. The average Bonchev–Trinajstić information content (AvgIpc) is 2.29. The second-order valence-corrected chi connectivity index (χ2v) is 3.39. The molecule has 4 heteroatoms. The number of nitriles is 1. The van der Waals surface area contributed by atoms with Crippen molar-refractivity contribution < 1.29 is 9.53 Å². The molecule has 16 heavy (non-hydrogen) atoms. The van der Waals surface area contributed by atoms with Gasteiger partial charge in [0.1, 0.15) is 0 Å². The third-order valence-corrected chi connectivity index (χ3v) is 2.23. The van der Waals surface area contributed by atoms with Crippen LogP contribution in [0.5, 0.6) is 0 Å². The van der Waals surface area contributed by atoms with E-state index >= 15 is 0 Å². The van der Waals surface area contributed by atoms with Crippen molar-refractivity contribution in [1.82, 2.24) is 0 Å². The summed E-state index contributed by atoms with van der Waals surface area (Å²) in [5, 5.41) is 11.9. The van der Waals surface area contributed by atoms with Crippen LogP contribution < -0.4 is 5.32 Å². The van der Waals surface area contributed by atoms with Gasteiger partial charge in [-0.15, -0.1) is 0 Å². The van der Waals surface area contributed by atoms with Crippen LogP contribution in [-0.4, -0.2) is 19.6 Å². The number of hydrogen-bond acceptors (Lipinski definition) is 4. The van der Waals surface area contributed by atoms with Gasteiger partial charge in [0, 0.05) is 12.2 Å². The number of ether oxygens (including phenoxy) is 1. The molecule has 0 bridgehead atoms. The molecule has 0 saturated carbocycles. The Kier molecular flexibility index (Phi) is 4.34. The van der Waals surface area contributed by atoms with Crippen LogP contribution in [0.1, 0.15) is 17.5 Å². The highest BCUT2D eigenvalue weighted by Gasteiger charge is 2.01. The summed E-state index contributed by atoms with van der Waals surface area (Å²) in [7, 11) is 1.37. The quantitative estimate of drug-likeness (QED) is 0.783. The van der Waals surface area contributed by atoms with E-state index in [4.69, 9.17) is 5.26 Å². The van der Waals surface area contributed by atoms with E-state index in [2.05, 4.69) is 16.1 Å². The van der Waals surface area contributed by atoms with Crippen LogP contribution in [0.2, 0.25) is 0 Å². The number of nitrogens with one attached hydrogen (secondary N) is 1. The number of rotatable bonds is 4. The SMILES string of the molecule is COC(=O)CCNc1ccc(C#N)c(C)c1. The molecule has 1 aromatic rings. The summed E-state index contributed by atoms with van der Waals surface area (Å²) in [5.74, 6) is -0.238. The molecule has 0 saturated heterocycles. The molecule has 0 aromatic heterocycles. The van der Waals surface area contributed by atoms with Gasteiger partial charge in [-0.2, -0.15) is 5.26 Å². The van der Waals surface area contributed by atoms with Crippen molar-refractivity contribution in [3.63, 3.8) is 0 Å². The molecule has 0 unspecified atom stereocenters. The van der Waals surface area contributed by atoms with Crippen molar-refractivity contribution in [2.75, 3.05) is 19.0 Å².